The second-order valence-electron chi connectivity index (χ2n) is 17.2. The van der Waals surface area contributed by atoms with Crippen LogP contribution in [0.4, 0.5) is 0 Å². The quantitative estimate of drug-likeness (QED) is 0.0312. The van der Waals surface area contributed by atoms with Crippen LogP contribution in [0.5, 0.6) is 0 Å². The molecule has 0 aromatic carbocycles. The summed E-state index contributed by atoms with van der Waals surface area (Å²) >= 11 is 0. The van der Waals surface area contributed by atoms with Crippen molar-refractivity contribution in [3.63, 3.8) is 0 Å². The van der Waals surface area contributed by atoms with E-state index in [1.165, 1.54) is 186 Å². The minimum atomic E-state index is -1.25. The second-order valence-corrected chi connectivity index (χ2v) is 17.2. The van der Waals surface area contributed by atoms with Gasteiger partial charge >= 0.3 is 0 Å². The molecule has 0 aliphatic heterocycles. The molecule has 55 heavy (non-hydrogen) atoms. The number of nitrogens with one attached hydrogen (secondary N) is 1. The number of carbonyl (C=O) groups excluding carboxylic acids is 1. The van der Waals surface area contributed by atoms with Crippen LogP contribution >= 0.6 is 0 Å². The van der Waals surface area contributed by atoms with Gasteiger partial charge in [0.1, 0.15) is 12.2 Å². The van der Waals surface area contributed by atoms with E-state index in [1.54, 1.807) is 0 Å². The summed E-state index contributed by atoms with van der Waals surface area (Å²) in [5, 5.41) is 43.2. The minimum absolute atomic E-state index is 0.372. The van der Waals surface area contributed by atoms with E-state index in [1.807, 2.05) is 0 Å². The second kappa shape index (κ2) is 44.2. The molecule has 0 aromatic heterocycles. The maximum atomic E-state index is 12.4. The summed E-state index contributed by atoms with van der Waals surface area (Å²) < 4.78 is 0. The normalized spacial score (nSPS) is 14.1. The van der Waals surface area contributed by atoms with Gasteiger partial charge in [-0.3, -0.25) is 4.79 Å². The maximum Gasteiger partial charge on any atom is 0.249 e. The van der Waals surface area contributed by atoms with Crippen molar-refractivity contribution in [2.75, 3.05) is 6.61 Å². The molecular formula is C49H97NO5. The van der Waals surface area contributed by atoms with E-state index in [0.29, 0.717) is 12.8 Å². The molecule has 0 saturated carbocycles. The molecule has 4 atom stereocenters. The highest BCUT2D eigenvalue weighted by atomic mass is 16.3. The number of aliphatic hydroxyl groups is 4. The SMILES string of the molecule is CCCCCCCCCCCCCCCC/C=C\CCCCCCCCCCCCCCCCCCC(O)C(=O)NC(CO)C(O)C(O)CCCCCCC. The van der Waals surface area contributed by atoms with E-state index < -0.39 is 36.9 Å². The number of hydrogen-bond acceptors (Lipinski definition) is 5. The Morgan fingerprint density at radius 1 is 0.436 bits per heavy atom. The lowest BCUT2D eigenvalue weighted by Crippen LogP contribution is -2.53. The maximum absolute atomic E-state index is 12.4. The summed E-state index contributed by atoms with van der Waals surface area (Å²) in [6.07, 6.45) is 50.5. The van der Waals surface area contributed by atoms with Crippen molar-refractivity contribution in [2.24, 2.45) is 0 Å². The fourth-order valence-corrected chi connectivity index (χ4v) is 7.81. The lowest BCUT2D eigenvalue weighted by Gasteiger charge is -2.27. The first kappa shape index (κ1) is 54.0. The topological polar surface area (TPSA) is 110 Å². The zero-order chi connectivity index (χ0) is 40.3. The zero-order valence-electron chi connectivity index (χ0n) is 36.9. The first-order chi connectivity index (χ1) is 27.0. The predicted molar refractivity (Wildman–Crippen MR) is 238 cm³/mol. The van der Waals surface area contributed by atoms with Crippen molar-refractivity contribution in [1.82, 2.24) is 5.32 Å². The van der Waals surface area contributed by atoms with Gasteiger partial charge in [-0.15, -0.1) is 0 Å². The van der Waals surface area contributed by atoms with Crippen molar-refractivity contribution in [2.45, 2.75) is 289 Å². The lowest BCUT2D eigenvalue weighted by molar-refractivity contribution is -0.132. The average Bonchev–Trinajstić information content (AvgIpc) is 3.19. The van der Waals surface area contributed by atoms with Gasteiger partial charge in [0, 0.05) is 0 Å². The van der Waals surface area contributed by atoms with E-state index >= 15 is 0 Å². The molecule has 5 N–H and O–H groups in total. The average molecular weight is 780 g/mol. The molecule has 0 aliphatic rings. The third-order valence-electron chi connectivity index (χ3n) is 11.7. The van der Waals surface area contributed by atoms with Crippen LogP contribution in [-0.4, -0.2) is 57.3 Å². The van der Waals surface area contributed by atoms with Crippen molar-refractivity contribution in [3.05, 3.63) is 12.2 Å². The van der Waals surface area contributed by atoms with Crippen LogP contribution in [0.3, 0.4) is 0 Å². The summed E-state index contributed by atoms with van der Waals surface area (Å²) in [5.41, 5.74) is 0. The summed E-state index contributed by atoms with van der Waals surface area (Å²) in [6, 6.07) is -0.978. The first-order valence-electron chi connectivity index (χ1n) is 24.6. The first-order valence-corrected chi connectivity index (χ1v) is 24.6. The molecule has 6 nitrogen and oxygen atoms in total. The monoisotopic (exact) mass is 780 g/mol. The number of carbonyl (C=O) groups is 1. The third kappa shape index (κ3) is 38.3. The van der Waals surface area contributed by atoms with Gasteiger partial charge < -0.3 is 25.7 Å². The van der Waals surface area contributed by atoms with Gasteiger partial charge in [0.25, 0.3) is 0 Å². The standard InChI is InChI=1S/C49H97NO5/c1-3-5-7-9-10-11-12-13-14-15-16-17-18-19-20-21-22-23-24-25-26-27-28-29-30-31-32-33-34-35-36-37-39-41-43-47(53)49(55)50-45(44-51)48(54)46(52)42-40-38-8-6-4-2/h21-22,45-48,51-54H,3-20,23-44H2,1-2H3,(H,50,55)/b22-21-. The molecule has 0 saturated heterocycles. The lowest BCUT2D eigenvalue weighted by atomic mass is 9.99. The fourth-order valence-electron chi connectivity index (χ4n) is 7.81. The third-order valence-corrected chi connectivity index (χ3v) is 11.7. The summed E-state index contributed by atoms with van der Waals surface area (Å²) in [6.45, 7) is 3.96. The Labute approximate surface area is 342 Å². The van der Waals surface area contributed by atoms with Gasteiger partial charge in [0.15, 0.2) is 0 Å². The molecule has 4 unspecified atom stereocenters. The van der Waals surface area contributed by atoms with Crippen LogP contribution in [0, 0.1) is 0 Å². The number of hydrogen-bond donors (Lipinski definition) is 5. The number of aliphatic hydroxyl groups excluding tert-OH is 4. The Kier molecular flexibility index (Phi) is 43.4. The molecule has 0 fully saturated rings. The highest BCUT2D eigenvalue weighted by molar-refractivity contribution is 5.80. The van der Waals surface area contributed by atoms with Crippen LogP contribution in [-0.2, 0) is 4.79 Å². The molecular weight excluding hydrogens is 683 g/mol. The van der Waals surface area contributed by atoms with Crippen molar-refractivity contribution in [3.8, 4) is 0 Å². The number of allylic oxidation sites excluding steroid dienone is 2. The molecule has 0 aliphatic carbocycles. The van der Waals surface area contributed by atoms with Crippen LogP contribution < -0.4 is 5.32 Å². The summed E-state index contributed by atoms with van der Waals surface area (Å²) in [5.74, 6) is -0.586. The molecule has 0 spiro atoms. The highest BCUT2D eigenvalue weighted by Crippen LogP contribution is 2.17. The van der Waals surface area contributed by atoms with Crippen LogP contribution in [0.25, 0.3) is 0 Å². The Balaban J connectivity index is 3.44. The van der Waals surface area contributed by atoms with E-state index in [4.69, 9.17) is 0 Å². The molecule has 6 heteroatoms. The Morgan fingerprint density at radius 2 is 0.727 bits per heavy atom. The van der Waals surface area contributed by atoms with Crippen molar-refractivity contribution < 1.29 is 25.2 Å². The zero-order valence-corrected chi connectivity index (χ0v) is 36.9. The van der Waals surface area contributed by atoms with E-state index in [9.17, 15) is 25.2 Å². The molecule has 0 heterocycles. The van der Waals surface area contributed by atoms with Gasteiger partial charge in [-0.2, -0.15) is 0 Å². The van der Waals surface area contributed by atoms with Crippen molar-refractivity contribution >= 4 is 5.91 Å². The van der Waals surface area contributed by atoms with Crippen LogP contribution in [0.15, 0.2) is 12.2 Å². The van der Waals surface area contributed by atoms with Gasteiger partial charge in [-0.25, -0.2) is 0 Å². The van der Waals surface area contributed by atoms with Gasteiger partial charge in [0.2, 0.25) is 5.91 Å². The summed E-state index contributed by atoms with van der Waals surface area (Å²) in [7, 11) is 0. The Hall–Kier alpha value is -0.950. The Morgan fingerprint density at radius 3 is 1.05 bits per heavy atom. The van der Waals surface area contributed by atoms with E-state index in [0.717, 1.165) is 51.4 Å². The minimum Gasteiger partial charge on any atom is -0.394 e. The molecule has 328 valence electrons. The Bertz CT molecular complexity index is 791. The number of amides is 1. The molecule has 0 radical (unpaired) electrons. The molecule has 0 rings (SSSR count). The van der Waals surface area contributed by atoms with Crippen molar-refractivity contribution in [1.29, 1.82) is 0 Å². The predicted octanol–water partition coefficient (Wildman–Crippen LogP) is 13.4. The smallest absolute Gasteiger partial charge is 0.249 e. The fraction of sp³-hybridized carbons (Fsp3) is 0.939. The van der Waals surface area contributed by atoms with Gasteiger partial charge in [0.05, 0.1) is 18.8 Å². The largest absolute Gasteiger partial charge is 0.394 e. The van der Waals surface area contributed by atoms with E-state index in [-0.39, 0.29) is 0 Å². The van der Waals surface area contributed by atoms with Gasteiger partial charge in [-0.1, -0.05) is 238 Å². The molecule has 0 aromatic rings. The number of unbranched alkanes of at least 4 members (excludes halogenated alkanes) is 34. The number of rotatable bonds is 45. The summed E-state index contributed by atoms with van der Waals surface area (Å²) in [4.78, 5) is 12.4. The molecule has 0 bridgehead atoms. The highest BCUT2D eigenvalue weighted by Gasteiger charge is 2.28. The van der Waals surface area contributed by atoms with Gasteiger partial charge in [-0.05, 0) is 38.5 Å². The molecule has 1 amide bonds. The van der Waals surface area contributed by atoms with Crippen LogP contribution in [0.1, 0.15) is 264 Å². The van der Waals surface area contributed by atoms with E-state index in [2.05, 4.69) is 31.3 Å². The van der Waals surface area contributed by atoms with Crippen LogP contribution in [0.2, 0.25) is 0 Å².